The molecule has 4 amide bonds. The van der Waals surface area contributed by atoms with Crippen LogP contribution in [0.3, 0.4) is 0 Å². The lowest BCUT2D eigenvalue weighted by Gasteiger charge is -2.22. The Hall–Kier alpha value is -4.07. The van der Waals surface area contributed by atoms with E-state index in [1.165, 1.54) is 14.2 Å². The van der Waals surface area contributed by atoms with Gasteiger partial charge in [-0.2, -0.15) is 0 Å². The monoisotopic (exact) mass is 433 g/mol. The van der Waals surface area contributed by atoms with Crippen molar-refractivity contribution < 1.29 is 23.9 Å². The van der Waals surface area contributed by atoms with Crippen molar-refractivity contribution in [2.24, 2.45) is 0 Å². The quantitative estimate of drug-likeness (QED) is 0.582. The van der Waals surface area contributed by atoms with Crippen molar-refractivity contribution in [3.05, 3.63) is 66.2 Å². The number of ether oxygens (including phenoxy) is 2. The van der Waals surface area contributed by atoms with E-state index in [-0.39, 0.29) is 0 Å². The summed E-state index contributed by atoms with van der Waals surface area (Å²) >= 11 is 0. The van der Waals surface area contributed by atoms with Crippen molar-refractivity contribution >= 4 is 34.3 Å². The number of rotatable bonds is 6. The van der Waals surface area contributed by atoms with Crippen LogP contribution in [0.1, 0.15) is 12.5 Å². The molecular formula is C24H23N3O5. The van der Waals surface area contributed by atoms with E-state index in [9.17, 15) is 14.4 Å². The number of nitrogens with zero attached hydrogens (tertiary/aromatic N) is 1. The van der Waals surface area contributed by atoms with E-state index in [1.54, 1.807) is 25.1 Å². The van der Waals surface area contributed by atoms with E-state index in [4.69, 9.17) is 9.47 Å². The summed E-state index contributed by atoms with van der Waals surface area (Å²) in [4.78, 5) is 39.4. The molecule has 0 aromatic heterocycles. The highest BCUT2D eigenvalue weighted by atomic mass is 16.5. The number of hydrogen-bond acceptors (Lipinski definition) is 5. The number of carbonyl (C=O) groups excluding carboxylic acids is 3. The van der Waals surface area contributed by atoms with E-state index >= 15 is 0 Å². The Bertz CT molecular complexity index is 1230. The van der Waals surface area contributed by atoms with Gasteiger partial charge in [0.25, 0.3) is 5.91 Å². The normalized spacial score (nSPS) is 17.9. The third kappa shape index (κ3) is 3.71. The van der Waals surface area contributed by atoms with Gasteiger partial charge in [-0.15, -0.1) is 0 Å². The summed E-state index contributed by atoms with van der Waals surface area (Å²) in [6.07, 6.45) is 0. The molecule has 4 rings (SSSR count). The zero-order valence-electron chi connectivity index (χ0n) is 18.0. The lowest BCUT2D eigenvalue weighted by molar-refractivity contribution is -0.133. The van der Waals surface area contributed by atoms with Crippen LogP contribution < -0.4 is 20.1 Å². The molecule has 32 heavy (non-hydrogen) atoms. The number of amides is 4. The Kier molecular flexibility index (Phi) is 5.44. The van der Waals surface area contributed by atoms with Crippen LogP contribution in [-0.4, -0.2) is 43.5 Å². The van der Waals surface area contributed by atoms with Gasteiger partial charge < -0.3 is 20.1 Å². The molecule has 0 spiro atoms. The zero-order chi connectivity index (χ0) is 22.9. The third-order valence-electron chi connectivity index (χ3n) is 5.58. The zero-order valence-corrected chi connectivity index (χ0v) is 18.0. The van der Waals surface area contributed by atoms with Crippen molar-refractivity contribution in [2.45, 2.75) is 12.5 Å². The van der Waals surface area contributed by atoms with Crippen molar-refractivity contribution in [3.8, 4) is 11.5 Å². The lowest BCUT2D eigenvalue weighted by Crippen LogP contribution is -2.42. The fourth-order valence-electron chi connectivity index (χ4n) is 3.78. The molecule has 0 radical (unpaired) electrons. The van der Waals surface area contributed by atoms with Gasteiger partial charge in [-0.25, -0.2) is 4.79 Å². The van der Waals surface area contributed by atoms with Gasteiger partial charge in [-0.05, 0) is 41.5 Å². The van der Waals surface area contributed by atoms with Crippen molar-refractivity contribution in [3.63, 3.8) is 0 Å². The first-order valence-electron chi connectivity index (χ1n) is 10.0. The fraction of sp³-hybridized carbons (Fsp3) is 0.208. The average molecular weight is 433 g/mol. The maximum absolute atomic E-state index is 13.2. The number of methoxy groups -OCH3 is 2. The number of urea groups is 1. The van der Waals surface area contributed by atoms with E-state index < -0.39 is 29.9 Å². The molecule has 1 fully saturated rings. The van der Waals surface area contributed by atoms with Gasteiger partial charge in [0.1, 0.15) is 23.6 Å². The molecule has 1 atom stereocenters. The molecule has 1 aliphatic heterocycles. The number of carbonyl (C=O) groups is 3. The first kappa shape index (κ1) is 21.2. The van der Waals surface area contributed by atoms with Crippen LogP contribution in [-0.2, 0) is 15.1 Å². The predicted molar refractivity (Wildman–Crippen MR) is 120 cm³/mol. The maximum atomic E-state index is 13.2. The van der Waals surface area contributed by atoms with Crippen LogP contribution in [0.4, 0.5) is 10.5 Å². The van der Waals surface area contributed by atoms with E-state index in [1.807, 2.05) is 42.5 Å². The van der Waals surface area contributed by atoms with E-state index in [2.05, 4.69) is 10.6 Å². The van der Waals surface area contributed by atoms with Crippen LogP contribution in [0.5, 0.6) is 11.5 Å². The van der Waals surface area contributed by atoms with Crippen molar-refractivity contribution in [2.75, 3.05) is 26.1 Å². The molecule has 8 heteroatoms. The molecule has 1 unspecified atom stereocenters. The predicted octanol–water partition coefficient (Wildman–Crippen LogP) is 3.26. The Balaban J connectivity index is 1.54. The van der Waals surface area contributed by atoms with Gasteiger partial charge in [-0.3, -0.25) is 14.5 Å². The van der Waals surface area contributed by atoms with Crippen LogP contribution in [0.15, 0.2) is 60.7 Å². The first-order valence-corrected chi connectivity index (χ1v) is 10.0. The average Bonchev–Trinajstić information content (AvgIpc) is 3.02. The van der Waals surface area contributed by atoms with Gasteiger partial charge in [0.05, 0.1) is 19.9 Å². The molecule has 3 aromatic carbocycles. The summed E-state index contributed by atoms with van der Waals surface area (Å²) in [5, 5.41) is 7.39. The van der Waals surface area contributed by atoms with Gasteiger partial charge in [0, 0.05) is 6.07 Å². The smallest absolute Gasteiger partial charge is 0.325 e. The van der Waals surface area contributed by atoms with Crippen LogP contribution >= 0.6 is 0 Å². The minimum atomic E-state index is -1.27. The second kappa shape index (κ2) is 8.22. The molecule has 1 heterocycles. The molecule has 3 aromatic rings. The van der Waals surface area contributed by atoms with Gasteiger partial charge in [-0.1, -0.05) is 36.4 Å². The lowest BCUT2D eigenvalue weighted by atomic mass is 9.90. The topological polar surface area (TPSA) is 97.0 Å². The summed E-state index contributed by atoms with van der Waals surface area (Å²) in [5.74, 6) is -0.0781. The summed E-state index contributed by atoms with van der Waals surface area (Å²) in [5.41, 5.74) is -0.247. The number of benzene rings is 3. The highest BCUT2D eigenvalue weighted by molar-refractivity contribution is 6.10. The fourth-order valence-corrected chi connectivity index (χ4v) is 3.78. The highest BCUT2D eigenvalue weighted by Gasteiger charge is 2.49. The molecule has 8 nitrogen and oxygen atoms in total. The molecular weight excluding hydrogens is 410 g/mol. The van der Waals surface area contributed by atoms with E-state index in [0.29, 0.717) is 22.7 Å². The largest absolute Gasteiger partial charge is 0.497 e. The van der Waals surface area contributed by atoms with Crippen LogP contribution in [0, 0.1) is 0 Å². The van der Waals surface area contributed by atoms with Crippen molar-refractivity contribution in [1.29, 1.82) is 0 Å². The molecule has 1 aliphatic rings. The second-order valence-electron chi connectivity index (χ2n) is 7.62. The SMILES string of the molecule is COc1ccc(OC)c(NC(=O)CN2C(=O)NC(C)(c3ccc4ccccc4c3)C2=O)c1. The number of fused-ring (bicyclic) bond motifs is 1. The molecule has 1 saturated heterocycles. The van der Waals surface area contributed by atoms with Crippen LogP contribution in [0.2, 0.25) is 0 Å². The Morgan fingerprint density at radius 3 is 2.47 bits per heavy atom. The Morgan fingerprint density at radius 2 is 1.75 bits per heavy atom. The van der Waals surface area contributed by atoms with Crippen LogP contribution in [0.25, 0.3) is 10.8 Å². The summed E-state index contributed by atoms with van der Waals surface area (Å²) in [7, 11) is 2.98. The Labute approximate surface area is 185 Å². The minimum Gasteiger partial charge on any atom is -0.497 e. The number of hydrogen-bond donors (Lipinski definition) is 2. The standard InChI is InChI=1S/C24H23N3O5/c1-24(17-9-8-15-6-4-5-7-16(15)12-17)22(29)27(23(30)26-24)14-21(28)25-19-13-18(31-2)10-11-20(19)32-3/h4-13H,14H2,1-3H3,(H,25,28)(H,26,30). The molecule has 2 N–H and O–H groups in total. The third-order valence-corrected chi connectivity index (χ3v) is 5.58. The van der Waals surface area contributed by atoms with Crippen molar-refractivity contribution in [1.82, 2.24) is 10.2 Å². The van der Waals surface area contributed by atoms with Gasteiger partial charge in [0.15, 0.2) is 0 Å². The molecule has 164 valence electrons. The molecule has 0 aliphatic carbocycles. The second-order valence-corrected chi connectivity index (χ2v) is 7.62. The maximum Gasteiger partial charge on any atom is 0.325 e. The number of nitrogens with one attached hydrogen (secondary N) is 2. The van der Waals surface area contributed by atoms with E-state index in [0.717, 1.165) is 15.7 Å². The summed E-state index contributed by atoms with van der Waals surface area (Å²) in [6, 6.07) is 17.7. The highest BCUT2D eigenvalue weighted by Crippen LogP contribution is 2.32. The minimum absolute atomic E-state index is 0.376. The Morgan fingerprint density at radius 1 is 1.00 bits per heavy atom. The molecule has 0 saturated carbocycles. The van der Waals surface area contributed by atoms with Gasteiger partial charge >= 0.3 is 6.03 Å². The first-order chi connectivity index (χ1) is 15.4. The summed E-state index contributed by atoms with van der Waals surface area (Å²) < 4.78 is 10.4. The summed E-state index contributed by atoms with van der Waals surface area (Å²) in [6.45, 7) is 1.20. The number of anilines is 1. The van der Waals surface area contributed by atoms with Gasteiger partial charge in [0.2, 0.25) is 5.91 Å². The molecule has 0 bridgehead atoms. The number of imide groups is 1.